The van der Waals surface area contributed by atoms with Crippen molar-refractivity contribution in [2.75, 3.05) is 0 Å². The van der Waals surface area contributed by atoms with Crippen molar-refractivity contribution in [2.24, 2.45) is 9.98 Å². The molecule has 1 unspecified atom stereocenters. The number of fused-ring (bicyclic) bond motifs is 1. The van der Waals surface area contributed by atoms with Crippen LogP contribution in [0.3, 0.4) is 0 Å². The van der Waals surface area contributed by atoms with E-state index in [0.29, 0.717) is 0 Å². The van der Waals surface area contributed by atoms with Crippen LogP contribution in [0.1, 0.15) is 22.9 Å². The van der Waals surface area contributed by atoms with Crippen LogP contribution in [-0.4, -0.2) is 16.7 Å². The van der Waals surface area contributed by atoms with Gasteiger partial charge < -0.3 is 5.32 Å². The van der Waals surface area contributed by atoms with E-state index in [2.05, 4.69) is 71.0 Å². The number of aliphatic imine (C=N–C) groups is 2. The molecule has 2 heterocycles. The second-order valence-electron chi connectivity index (χ2n) is 8.19. The van der Waals surface area contributed by atoms with E-state index < -0.39 is 0 Å². The number of nitrogens with zero attached hydrogens (tertiary/aromatic N) is 3. The van der Waals surface area contributed by atoms with Crippen molar-refractivity contribution in [3.8, 4) is 11.3 Å². The van der Waals surface area contributed by atoms with E-state index in [9.17, 15) is 0 Å². The number of amidine groups is 2. The summed E-state index contributed by atoms with van der Waals surface area (Å²) in [6.45, 7) is 0. The normalized spacial score (nSPS) is 15.4. The molecule has 0 bridgehead atoms. The molecular weight excluding hydrogens is 416 g/mol. The van der Waals surface area contributed by atoms with Crippen LogP contribution in [0.5, 0.6) is 0 Å². The molecule has 4 heteroatoms. The Morgan fingerprint density at radius 2 is 1.26 bits per heavy atom. The van der Waals surface area contributed by atoms with Crippen LogP contribution < -0.4 is 5.32 Å². The van der Waals surface area contributed by atoms with E-state index in [0.717, 1.165) is 45.0 Å². The predicted octanol–water partition coefficient (Wildman–Crippen LogP) is 6.40. The molecule has 1 aromatic heterocycles. The Morgan fingerprint density at radius 3 is 2.06 bits per heavy atom. The van der Waals surface area contributed by atoms with Gasteiger partial charge in [0.2, 0.25) is 0 Å². The number of benzene rings is 4. The molecule has 6 rings (SSSR count). The number of pyridine rings is 1. The van der Waals surface area contributed by atoms with Gasteiger partial charge in [-0.2, -0.15) is 0 Å². The fourth-order valence-corrected chi connectivity index (χ4v) is 4.25. The molecule has 0 saturated heterocycles. The number of hydrogen-bond acceptors (Lipinski definition) is 4. The first kappa shape index (κ1) is 20.1. The molecule has 0 spiro atoms. The topological polar surface area (TPSA) is 49.6 Å². The summed E-state index contributed by atoms with van der Waals surface area (Å²) in [6.07, 6.45) is 1.66. The highest BCUT2D eigenvalue weighted by Gasteiger charge is 2.20. The first-order valence-corrected chi connectivity index (χ1v) is 11.3. The lowest BCUT2D eigenvalue weighted by Gasteiger charge is -2.23. The minimum atomic E-state index is -0.205. The van der Waals surface area contributed by atoms with E-state index in [-0.39, 0.29) is 6.17 Å². The summed E-state index contributed by atoms with van der Waals surface area (Å²) < 4.78 is 0. The summed E-state index contributed by atoms with van der Waals surface area (Å²) in [6, 6.07) is 39.2. The summed E-state index contributed by atoms with van der Waals surface area (Å²) in [5.41, 5.74) is 5.16. The molecule has 0 amide bonds. The Bertz CT molecular complexity index is 1500. The average molecular weight is 439 g/mol. The molecular formula is C30H22N4. The van der Waals surface area contributed by atoms with Gasteiger partial charge in [0, 0.05) is 28.3 Å². The van der Waals surface area contributed by atoms with Gasteiger partial charge in [0.1, 0.15) is 12.0 Å². The fraction of sp³-hybridized carbons (Fsp3) is 0.0333. The highest BCUT2D eigenvalue weighted by Crippen LogP contribution is 2.27. The van der Waals surface area contributed by atoms with Crippen LogP contribution >= 0.6 is 0 Å². The van der Waals surface area contributed by atoms with E-state index in [1.54, 1.807) is 0 Å². The molecule has 1 atom stereocenters. The molecule has 5 aromatic rings. The minimum Gasteiger partial charge on any atom is -0.344 e. The molecule has 1 aliphatic heterocycles. The van der Waals surface area contributed by atoms with Gasteiger partial charge >= 0.3 is 0 Å². The zero-order chi connectivity index (χ0) is 22.7. The van der Waals surface area contributed by atoms with E-state index in [4.69, 9.17) is 9.98 Å². The smallest absolute Gasteiger partial charge is 0.159 e. The van der Waals surface area contributed by atoms with Gasteiger partial charge in [-0.05, 0) is 17.0 Å². The van der Waals surface area contributed by atoms with Crippen LogP contribution in [0.4, 0.5) is 0 Å². The summed E-state index contributed by atoms with van der Waals surface area (Å²) in [7, 11) is 0. The molecule has 1 aliphatic rings. The highest BCUT2D eigenvalue weighted by atomic mass is 15.2. The number of rotatable bonds is 4. The maximum absolute atomic E-state index is 4.91. The molecule has 4 aromatic carbocycles. The molecule has 162 valence electrons. The Kier molecular flexibility index (Phi) is 5.17. The van der Waals surface area contributed by atoms with Crippen molar-refractivity contribution >= 4 is 22.4 Å². The first-order valence-electron chi connectivity index (χ1n) is 11.3. The quantitative estimate of drug-likeness (QED) is 0.353. The minimum absolute atomic E-state index is 0.205. The van der Waals surface area contributed by atoms with Crippen molar-refractivity contribution in [3.05, 3.63) is 138 Å². The van der Waals surface area contributed by atoms with Gasteiger partial charge in [-0.25, -0.2) is 9.98 Å². The highest BCUT2D eigenvalue weighted by molar-refractivity contribution is 6.13. The Labute approximate surface area is 198 Å². The lowest BCUT2D eigenvalue weighted by Crippen LogP contribution is -2.33. The van der Waals surface area contributed by atoms with Gasteiger partial charge in [-0.1, -0.05) is 109 Å². The number of hydrogen-bond donors (Lipinski definition) is 1. The third kappa shape index (κ3) is 3.86. The van der Waals surface area contributed by atoms with Crippen LogP contribution in [-0.2, 0) is 0 Å². The lowest BCUT2D eigenvalue weighted by molar-refractivity contribution is 0.674. The molecule has 0 fully saturated rings. The Morgan fingerprint density at radius 1 is 0.588 bits per heavy atom. The lowest BCUT2D eigenvalue weighted by atomic mass is 10.0. The van der Waals surface area contributed by atoms with Crippen LogP contribution in [0.15, 0.2) is 131 Å². The van der Waals surface area contributed by atoms with E-state index >= 15 is 0 Å². The van der Waals surface area contributed by atoms with Crippen molar-refractivity contribution in [1.82, 2.24) is 10.3 Å². The SMILES string of the molecule is c1ccc(C2=NC(c3ccccc3)NC(c3ccc(-c4nccc5ccccc45)cc3)=N2)cc1. The Balaban J connectivity index is 1.38. The fourth-order valence-electron chi connectivity index (χ4n) is 4.25. The van der Waals surface area contributed by atoms with Gasteiger partial charge in [0.05, 0.1) is 5.69 Å². The molecule has 0 radical (unpaired) electrons. The van der Waals surface area contributed by atoms with Crippen LogP contribution in [0.25, 0.3) is 22.0 Å². The van der Waals surface area contributed by atoms with Gasteiger partial charge in [-0.3, -0.25) is 4.98 Å². The summed E-state index contributed by atoms with van der Waals surface area (Å²) >= 11 is 0. The molecule has 0 aliphatic carbocycles. The zero-order valence-corrected chi connectivity index (χ0v) is 18.5. The van der Waals surface area contributed by atoms with Crippen LogP contribution in [0, 0.1) is 0 Å². The predicted molar refractivity (Wildman–Crippen MR) is 139 cm³/mol. The molecule has 4 nitrogen and oxygen atoms in total. The van der Waals surface area contributed by atoms with Gasteiger partial charge in [0.15, 0.2) is 5.84 Å². The third-order valence-electron chi connectivity index (χ3n) is 6.00. The maximum Gasteiger partial charge on any atom is 0.159 e. The van der Waals surface area contributed by atoms with Crippen molar-refractivity contribution in [1.29, 1.82) is 0 Å². The van der Waals surface area contributed by atoms with E-state index in [1.807, 2.05) is 60.8 Å². The first-order chi connectivity index (χ1) is 16.8. The largest absolute Gasteiger partial charge is 0.344 e. The zero-order valence-electron chi connectivity index (χ0n) is 18.5. The third-order valence-corrected chi connectivity index (χ3v) is 6.00. The number of nitrogens with one attached hydrogen (secondary N) is 1. The number of aromatic nitrogens is 1. The Hall–Kier alpha value is -4.57. The molecule has 0 saturated carbocycles. The monoisotopic (exact) mass is 438 g/mol. The average Bonchev–Trinajstić information content (AvgIpc) is 2.93. The van der Waals surface area contributed by atoms with Crippen LogP contribution in [0.2, 0.25) is 0 Å². The molecule has 1 N–H and O–H groups in total. The van der Waals surface area contributed by atoms with E-state index in [1.165, 1.54) is 5.39 Å². The second-order valence-corrected chi connectivity index (χ2v) is 8.19. The van der Waals surface area contributed by atoms with Crippen molar-refractivity contribution in [3.63, 3.8) is 0 Å². The summed E-state index contributed by atoms with van der Waals surface area (Å²) in [5, 5.41) is 5.85. The summed E-state index contributed by atoms with van der Waals surface area (Å²) in [4.78, 5) is 14.5. The maximum atomic E-state index is 4.91. The van der Waals surface area contributed by atoms with Gasteiger partial charge in [-0.15, -0.1) is 0 Å². The summed E-state index contributed by atoms with van der Waals surface area (Å²) in [5.74, 6) is 1.53. The van der Waals surface area contributed by atoms with Crippen molar-refractivity contribution < 1.29 is 0 Å². The second kappa shape index (κ2) is 8.75. The van der Waals surface area contributed by atoms with Gasteiger partial charge in [0.25, 0.3) is 0 Å². The van der Waals surface area contributed by atoms with Crippen molar-refractivity contribution in [2.45, 2.75) is 6.17 Å². The standard InChI is InChI=1S/C30H22N4/c1-3-10-23(11-4-1)28-32-29(24-12-5-2-6-13-24)34-30(33-28)25-17-15-22(16-18-25)27-26-14-8-7-9-21(26)19-20-31-27/h1-20,28H,(H,32,33,34). The molecule has 34 heavy (non-hydrogen) atoms.